The number of urea groups is 1. The van der Waals surface area contributed by atoms with Crippen LogP contribution in [-0.4, -0.2) is 74.2 Å². The first-order valence-corrected chi connectivity index (χ1v) is 15.2. The Morgan fingerprint density at radius 1 is 1.09 bits per heavy atom. The van der Waals surface area contributed by atoms with Gasteiger partial charge < -0.3 is 25.0 Å². The first kappa shape index (κ1) is 32.6. The number of hydrogen-bond donors (Lipinski definition) is 3. The Bertz CT molecular complexity index is 1590. The minimum absolute atomic E-state index is 0.0327. The van der Waals surface area contributed by atoms with E-state index < -0.39 is 45.8 Å². The molecule has 0 unspecified atom stereocenters. The molecule has 1 aliphatic heterocycles. The molecule has 0 spiro atoms. The van der Waals surface area contributed by atoms with Gasteiger partial charge in [-0.25, -0.2) is 13.2 Å². The first-order chi connectivity index (χ1) is 20.7. The molecule has 0 fully saturated rings. The zero-order valence-electron chi connectivity index (χ0n) is 24.2. The second-order valence-corrected chi connectivity index (χ2v) is 12.3. The highest BCUT2D eigenvalue weighted by Gasteiger charge is 2.34. The van der Waals surface area contributed by atoms with Gasteiger partial charge in [0.05, 0.1) is 35.2 Å². The van der Waals surface area contributed by atoms with Gasteiger partial charge >= 0.3 is 12.2 Å². The summed E-state index contributed by atoms with van der Waals surface area (Å²) in [7, 11) is -2.46. The summed E-state index contributed by atoms with van der Waals surface area (Å²) < 4.78 is 73.2. The van der Waals surface area contributed by atoms with Crippen molar-refractivity contribution in [2.75, 3.05) is 36.8 Å². The molecule has 0 aromatic heterocycles. The van der Waals surface area contributed by atoms with Crippen LogP contribution in [0.3, 0.4) is 0 Å². The average molecular weight is 635 g/mol. The van der Waals surface area contributed by atoms with Gasteiger partial charge in [0.1, 0.15) is 11.9 Å². The van der Waals surface area contributed by atoms with Crippen molar-refractivity contribution in [3.63, 3.8) is 0 Å². The average Bonchev–Trinajstić information content (AvgIpc) is 2.98. The number of aliphatic hydroxyl groups is 1. The Labute approximate surface area is 253 Å². The van der Waals surface area contributed by atoms with Crippen LogP contribution in [-0.2, 0) is 16.2 Å². The maximum Gasteiger partial charge on any atom is 0.416 e. The number of ether oxygens (including phenoxy) is 1. The number of nitrogens with one attached hydrogen (secondary N) is 2. The number of carbonyl (C=O) groups is 2. The van der Waals surface area contributed by atoms with E-state index in [1.807, 2.05) is 6.92 Å². The second kappa shape index (κ2) is 13.1. The van der Waals surface area contributed by atoms with E-state index in [4.69, 9.17) is 4.74 Å². The molecular weight excluding hydrogens is 601 g/mol. The number of fused-ring (bicyclic) bond motifs is 1. The van der Waals surface area contributed by atoms with Gasteiger partial charge in [-0.2, -0.15) is 13.2 Å². The van der Waals surface area contributed by atoms with Crippen LogP contribution in [0.15, 0.2) is 77.7 Å². The van der Waals surface area contributed by atoms with Gasteiger partial charge in [0.15, 0.2) is 0 Å². The van der Waals surface area contributed by atoms with Crippen molar-refractivity contribution < 1.29 is 41.0 Å². The van der Waals surface area contributed by atoms with Gasteiger partial charge in [0, 0.05) is 30.9 Å². The van der Waals surface area contributed by atoms with E-state index in [2.05, 4.69) is 10.0 Å². The Kier molecular flexibility index (Phi) is 9.74. The fraction of sp³-hybridized carbons (Fsp3) is 0.333. The summed E-state index contributed by atoms with van der Waals surface area (Å²) in [6.45, 7) is 3.36. The number of alkyl halides is 3. The maximum atomic E-state index is 13.7. The Morgan fingerprint density at radius 2 is 1.73 bits per heavy atom. The second-order valence-electron chi connectivity index (χ2n) is 10.6. The third-order valence-corrected chi connectivity index (χ3v) is 8.63. The number of hydrogen-bond acceptors (Lipinski definition) is 6. The van der Waals surface area contributed by atoms with Crippen molar-refractivity contribution in [1.82, 2.24) is 9.80 Å². The van der Waals surface area contributed by atoms with Crippen molar-refractivity contribution in [3.05, 3.63) is 83.9 Å². The Balaban J connectivity index is 1.57. The Hall–Kier alpha value is -4.30. The van der Waals surface area contributed by atoms with Crippen LogP contribution >= 0.6 is 0 Å². The molecule has 0 saturated carbocycles. The van der Waals surface area contributed by atoms with Crippen LogP contribution in [0.1, 0.15) is 29.8 Å². The molecule has 4 rings (SSSR count). The topological polar surface area (TPSA) is 128 Å². The summed E-state index contributed by atoms with van der Waals surface area (Å²) in [5, 5.41) is 12.4. The van der Waals surface area contributed by atoms with Crippen molar-refractivity contribution in [3.8, 4) is 5.75 Å². The third-order valence-electron chi connectivity index (χ3n) is 7.23. The van der Waals surface area contributed by atoms with Gasteiger partial charge in [0.25, 0.3) is 15.9 Å². The highest BCUT2D eigenvalue weighted by atomic mass is 32.2. The van der Waals surface area contributed by atoms with Crippen molar-refractivity contribution in [2.24, 2.45) is 5.92 Å². The van der Waals surface area contributed by atoms with E-state index in [-0.39, 0.29) is 53.2 Å². The lowest BCUT2D eigenvalue weighted by molar-refractivity contribution is -0.137. The molecule has 14 heteroatoms. The number of sulfonamides is 1. The summed E-state index contributed by atoms with van der Waals surface area (Å²) in [6, 6.07) is 14.9. The number of anilines is 2. The van der Waals surface area contributed by atoms with Crippen LogP contribution in [0.5, 0.6) is 5.75 Å². The molecule has 1 aliphatic rings. The molecule has 0 bridgehead atoms. The quantitative estimate of drug-likeness (QED) is 0.324. The van der Waals surface area contributed by atoms with Crippen molar-refractivity contribution >= 4 is 33.3 Å². The van der Waals surface area contributed by atoms with Gasteiger partial charge in [-0.1, -0.05) is 25.1 Å². The first-order valence-electron chi connectivity index (χ1n) is 13.7. The van der Waals surface area contributed by atoms with Crippen molar-refractivity contribution in [1.29, 1.82) is 0 Å². The van der Waals surface area contributed by atoms with Crippen molar-refractivity contribution in [2.45, 2.75) is 37.1 Å². The van der Waals surface area contributed by atoms with E-state index >= 15 is 0 Å². The molecule has 0 saturated heterocycles. The summed E-state index contributed by atoms with van der Waals surface area (Å²) in [6.07, 6.45) is -5.16. The monoisotopic (exact) mass is 634 g/mol. The maximum absolute atomic E-state index is 13.7. The van der Waals surface area contributed by atoms with E-state index in [0.29, 0.717) is 0 Å². The van der Waals surface area contributed by atoms with Crippen LogP contribution < -0.4 is 14.8 Å². The lowest BCUT2D eigenvalue weighted by Crippen LogP contribution is -2.50. The Morgan fingerprint density at radius 3 is 2.34 bits per heavy atom. The molecule has 0 radical (unpaired) electrons. The summed E-state index contributed by atoms with van der Waals surface area (Å²) in [5.74, 6) is -0.652. The lowest BCUT2D eigenvalue weighted by atomic mass is 9.99. The largest absolute Gasteiger partial charge is 0.487 e. The number of benzene rings is 3. The zero-order valence-corrected chi connectivity index (χ0v) is 25.0. The molecule has 3 aromatic rings. The standard InChI is InChI=1S/C30H33F3N4O6S/c1-19-16-37(20(2)18-38)28(39)25-15-23(35-44(41,42)24-7-5-4-6-8-24)13-14-26(25)43-27(19)17-36(3)29(40)34-22-11-9-21(10-12-22)30(31,32)33/h4-15,19-20,27,35,38H,16-18H2,1-3H3,(H,34,40)/t19-,20+,27+/m1/s1. The number of nitrogens with zero attached hydrogens (tertiary/aromatic N) is 2. The molecule has 0 aliphatic carbocycles. The number of likely N-dealkylation sites (N-methyl/N-ethyl adjacent to an activating group) is 1. The SMILES string of the molecule is C[C@@H]1CN([C@@H](C)CO)C(=O)c2cc(NS(=O)(=O)c3ccccc3)ccc2O[C@H]1CN(C)C(=O)Nc1ccc(C(F)(F)F)cc1. The van der Waals surface area contributed by atoms with E-state index in [9.17, 15) is 36.3 Å². The predicted molar refractivity (Wildman–Crippen MR) is 158 cm³/mol. The minimum atomic E-state index is -4.50. The summed E-state index contributed by atoms with van der Waals surface area (Å²) in [5.41, 5.74) is -0.482. The minimum Gasteiger partial charge on any atom is -0.487 e. The highest BCUT2D eigenvalue weighted by molar-refractivity contribution is 7.92. The number of amides is 3. The molecule has 3 N–H and O–H groups in total. The van der Waals surface area contributed by atoms with Crippen LogP contribution in [0, 0.1) is 5.92 Å². The normalized spacial score (nSPS) is 17.9. The van der Waals surface area contributed by atoms with Gasteiger partial charge in [-0.15, -0.1) is 0 Å². The van der Waals surface area contributed by atoms with Crippen LogP contribution in [0.25, 0.3) is 0 Å². The van der Waals surface area contributed by atoms with E-state index in [1.165, 1.54) is 47.2 Å². The number of carbonyl (C=O) groups excluding carboxylic acids is 2. The highest BCUT2D eigenvalue weighted by Crippen LogP contribution is 2.32. The van der Waals surface area contributed by atoms with Gasteiger partial charge in [-0.3, -0.25) is 9.52 Å². The third kappa shape index (κ3) is 7.61. The van der Waals surface area contributed by atoms with Gasteiger partial charge in [0.2, 0.25) is 0 Å². The predicted octanol–water partition coefficient (Wildman–Crippen LogP) is 4.89. The lowest BCUT2D eigenvalue weighted by Gasteiger charge is -2.38. The van der Waals surface area contributed by atoms with Gasteiger partial charge in [-0.05, 0) is 61.5 Å². The summed E-state index contributed by atoms with van der Waals surface area (Å²) in [4.78, 5) is 29.4. The number of aliphatic hydroxyl groups excluding tert-OH is 1. The molecule has 44 heavy (non-hydrogen) atoms. The van der Waals surface area contributed by atoms with E-state index in [1.54, 1.807) is 25.1 Å². The van der Waals surface area contributed by atoms with Crippen LogP contribution in [0.4, 0.5) is 29.3 Å². The fourth-order valence-corrected chi connectivity index (χ4v) is 5.70. The van der Waals surface area contributed by atoms with Crippen LogP contribution in [0.2, 0.25) is 0 Å². The molecule has 236 valence electrons. The fourth-order valence-electron chi connectivity index (χ4n) is 4.63. The smallest absolute Gasteiger partial charge is 0.416 e. The molecule has 3 atom stereocenters. The number of halogens is 3. The molecule has 3 amide bonds. The molecule has 3 aromatic carbocycles. The molecule has 1 heterocycles. The molecular formula is C30H33F3N4O6S. The number of rotatable bonds is 8. The zero-order chi connectivity index (χ0) is 32.2. The van der Waals surface area contributed by atoms with E-state index in [0.717, 1.165) is 24.3 Å². The summed E-state index contributed by atoms with van der Waals surface area (Å²) >= 11 is 0. The molecule has 10 nitrogen and oxygen atoms in total.